The van der Waals surface area contributed by atoms with Gasteiger partial charge in [0.1, 0.15) is 12.4 Å². The Morgan fingerprint density at radius 2 is 2.25 bits per heavy atom. The fourth-order valence-corrected chi connectivity index (χ4v) is 2.19. The largest absolute Gasteiger partial charge is 0.485 e. The standard InChI is InChI=1S/C15H17ClN2O2/c1-10-6-11(16)2-5-15(10)19-9-14-7-13(18-20-14)8-17-12-3-4-12/h2,5-7,12,17H,3-4,8-9H2,1H3. The van der Waals surface area contributed by atoms with Crippen molar-refractivity contribution in [3.05, 3.63) is 46.3 Å². The van der Waals surface area contributed by atoms with Crippen LogP contribution in [0.25, 0.3) is 0 Å². The van der Waals surface area contributed by atoms with Gasteiger partial charge in [0.2, 0.25) is 0 Å². The molecule has 0 spiro atoms. The van der Waals surface area contributed by atoms with Gasteiger partial charge >= 0.3 is 0 Å². The van der Waals surface area contributed by atoms with Gasteiger partial charge in [-0.05, 0) is 43.5 Å². The number of nitrogens with zero attached hydrogens (tertiary/aromatic N) is 1. The van der Waals surface area contributed by atoms with Crippen LogP contribution in [-0.2, 0) is 13.2 Å². The molecule has 1 saturated carbocycles. The molecule has 1 heterocycles. The summed E-state index contributed by atoms with van der Waals surface area (Å²) in [5.41, 5.74) is 1.93. The molecule has 0 unspecified atom stereocenters. The van der Waals surface area contributed by atoms with Gasteiger partial charge in [-0.3, -0.25) is 0 Å². The van der Waals surface area contributed by atoms with Crippen LogP contribution in [0.1, 0.15) is 29.9 Å². The third kappa shape index (κ3) is 3.52. The van der Waals surface area contributed by atoms with Crippen LogP contribution in [0, 0.1) is 6.92 Å². The Morgan fingerprint density at radius 3 is 3.00 bits per heavy atom. The van der Waals surface area contributed by atoms with Crippen molar-refractivity contribution in [3.8, 4) is 5.75 Å². The second-order valence-corrected chi connectivity index (χ2v) is 5.57. The number of ether oxygens (including phenoxy) is 1. The minimum Gasteiger partial charge on any atom is -0.485 e. The van der Waals surface area contributed by atoms with Gasteiger partial charge < -0.3 is 14.6 Å². The summed E-state index contributed by atoms with van der Waals surface area (Å²) in [7, 11) is 0. The molecule has 0 saturated heterocycles. The third-order valence-electron chi connectivity index (χ3n) is 3.26. The topological polar surface area (TPSA) is 47.3 Å². The molecule has 1 N–H and O–H groups in total. The molecule has 0 bridgehead atoms. The molecule has 106 valence electrons. The Morgan fingerprint density at radius 1 is 1.40 bits per heavy atom. The molecule has 1 aliphatic carbocycles. The first-order valence-electron chi connectivity index (χ1n) is 6.77. The number of halogens is 1. The van der Waals surface area contributed by atoms with E-state index in [9.17, 15) is 0 Å². The van der Waals surface area contributed by atoms with Gasteiger partial charge in [-0.2, -0.15) is 0 Å². The molecule has 1 aromatic carbocycles. The van der Waals surface area contributed by atoms with Crippen molar-refractivity contribution in [1.29, 1.82) is 0 Å². The minimum absolute atomic E-state index is 0.374. The predicted molar refractivity (Wildman–Crippen MR) is 76.9 cm³/mol. The first kappa shape index (κ1) is 13.5. The van der Waals surface area contributed by atoms with E-state index in [-0.39, 0.29) is 0 Å². The van der Waals surface area contributed by atoms with Crippen molar-refractivity contribution >= 4 is 11.6 Å². The lowest BCUT2D eigenvalue weighted by Gasteiger charge is -2.07. The summed E-state index contributed by atoms with van der Waals surface area (Å²) in [6.45, 7) is 3.10. The average Bonchev–Trinajstić information content (AvgIpc) is 3.14. The molecule has 0 atom stereocenters. The van der Waals surface area contributed by atoms with Crippen LogP contribution in [0.3, 0.4) is 0 Å². The number of nitrogens with one attached hydrogen (secondary N) is 1. The quantitative estimate of drug-likeness (QED) is 0.885. The molecule has 3 rings (SSSR count). The number of hydrogen-bond acceptors (Lipinski definition) is 4. The molecule has 4 nitrogen and oxygen atoms in total. The molecule has 0 radical (unpaired) electrons. The lowest BCUT2D eigenvalue weighted by molar-refractivity contribution is 0.247. The monoisotopic (exact) mass is 292 g/mol. The van der Waals surface area contributed by atoms with E-state index >= 15 is 0 Å². The normalized spacial score (nSPS) is 14.5. The van der Waals surface area contributed by atoms with E-state index in [0.717, 1.165) is 29.3 Å². The summed E-state index contributed by atoms with van der Waals surface area (Å²) >= 11 is 5.91. The van der Waals surface area contributed by atoms with E-state index in [2.05, 4.69) is 10.5 Å². The lowest BCUT2D eigenvalue weighted by Crippen LogP contribution is -2.15. The van der Waals surface area contributed by atoms with Gasteiger partial charge in [0.25, 0.3) is 0 Å². The first-order chi connectivity index (χ1) is 9.70. The van der Waals surface area contributed by atoms with Crippen molar-refractivity contribution in [2.45, 2.75) is 39.0 Å². The van der Waals surface area contributed by atoms with Crippen molar-refractivity contribution in [2.75, 3.05) is 0 Å². The molecular weight excluding hydrogens is 276 g/mol. The summed E-state index contributed by atoms with van der Waals surface area (Å²) in [6, 6.07) is 8.16. The molecule has 1 aromatic heterocycles. The number of aryl methyl sites for hydroxylation is 1. The van der Waals surface area contributed by atoms with Crippen molar-refractivity contribution in [3.63, 3.8) is 0 Å². The van der Waals surface area contributed by atoms with Crippen LogP contribution in [0.5, 0.6) is 5.75 Å². The van der Waals surface area contributed by atoms with Crippen LogP contribution < -0.4 is 10.1 Å². The van der Waals surface area contributed by atoms with Crippen LogP contribution in [0.4, 0.5) is 0 Å². The molecule has 0 aliphatic heterocycles. The first-order valence-corrected chi connectivity index (χ1v) is 7.15. The summed E-state index contributed by atoms with van der Waals surface area (Å²) in [5, 5.41) is 8.13. The molecular formula is C15H17ClN2O2. The second kappa shape index (κ2) is 5.85. The van der Waals surface area contributed by atoms with Gasteiger partial charge in [0.15, 0.2) is 5.76 Å². The molecule has 2 aromatic rings. The fraction of sp³-hybridized carbons (Fsp3) is 0.400. The zero-order valence-electron chi connectivity index (χ0n) is 11.4. The highest BCUT2D eigenvalue weighted by atomic mass is 35.5. The van der Waals surface area contributed by atoms with E-state index in [1.54, 1.807) is 0 Å². The molecule has 1 aliphatic rings. The van der Waals surface area contributed by atoms with Crippen molar-refractivity contribution in [2.24, 2.45) is 0 Å². The summed E-state index contributed by atoms with van der Waals surface area (Å²) in [5.74, 6) is 1.54. The maximum Gasteiger partial charge on any atom is 0.174 e. The third-order valence-corrected chi connectivity index (χ3v) is 3.50. The van der Waals surface area contributed by atoms with E-state index in [4.69, 9.17) is 20.9 Å². The molecule has 1 fully saturated rings. The number of rotatable bonds is 6. The van der Waals surface area contributed by atoms with Crippen LogP contribution in [0.2, 0.25) is 5.02 Å². The summed E-state index contributed by atoms with van der Waals surface area (Å²) < 4.78 is 11.0. The Labute approximate surface area is 123 Å². The van der Waals surface area contributed by atoms with E-state index in [1.807, 2.05) is 31.2 Å². The highest BCUT2D eigenvalue weighted by Gasteiger charge is 2.20. The van der Waals surface area contributed by atoms with E-state index in [0.29, 0.717) is 17.7 Å². The maximum absolute atomic E-state index is 5.91. The average molecular weight is 293 g/mol. The van der Waals surface area contributed by atoms with Gasteiger partial charge in [-0.1, -0.05) is 16.8 Å². The predicted octanol–water partition coefficient (Wildman–Crippen LogP) is 3.47. The summed E-state index contributed by atoms with van der Waals surface area (Å²) in [4.78, 5) is 0. The fourth-order valence-electron chi connectivity index (χ4n) is 1.97. The molecule has 0 amide bonds. The highest BCUT2D eigenvalue weighted by Crippen LogP contribution is 2.23. The Kier molecular flexibility index (Phi) is 3.94. The molecule has 20 heavy (non-hydrogen) atoms. The SMILES string of the molecule is Cc1cc(Cl)ccc1OCc1cc(CNC2CC2)no1. The van der Waals surface area contributed by atoms with Crippen LogP contribution in [-0.4, -0.2) is 11.2 Å². The van der Waals surface area contributed by atoms with Crippen molar-refractivity contribution in [1.82, 2.24) is 10.5 Å². The second-order valence-electron chi connectivity index (χ2n) is 5.14. The number of benzene rings is 1. The van der Waals surface area contributed by atoms with Crippen LogP contribution >= 0.6 is 11.6 Å². The van der Waals surface area contributed by atoms with Gasteiger partial charge in [-0.15, -0.1) is 0 Å². The Balaban J connectivity index is 1.54. The smallest absolute Gasteiger partial charge is 0.174 e. The van der Waals surface area contributed by atoms with E-state index < -0.39 is 0 Å². The van der Waals surface area contributed by atoms with Crippen molar-refractivity contribution < 1.29 is 9.26 Å². The van der Waals surface area contributed by atoms with Crippen LogP contribution in [0.15, 0.2) is 28.8 Å². The van der Waals surface area contributed by atoms with Gasteiger partial charge in [0.05, 0.1) is 5.69 Å². The van der Waals surface area contributed by atoms with Gasteiger partial charge in [-0.25, -0.2) is 0 Å². The van der Waals surface area contributed by atoms with E-state index in [1.165, 1.54) is 12.8 Å². The number of hydrogen-bond donors (Lipinski definition) is 1. The summed E-state index contributed by atoms with van der Waals surface area (Å²) in [6.07, 6.45) is 2.54. The zero-order valence-corrected chi connectivity index (χ0v) is 12.1. The lowest BCUT2D eigenvalue weighted by atomic mass is 10.2. The maximum atomic E-state index is 5.91. The highest BCUT2D eigenvalue weighted by molar-refractivity contribution is 6.30. The number of aromatic nitrogens is 1. The Hall–Kier alpha value is -1.52. The Bertz CT molecular complexity index is 593. The minimum atomic E-state index is 0.374. The molecule has 5 heteroatoms. The zero-order chi connectivity index (χ0) is 13.9. The van der Waals surface area contributed by atoms with Gasteiger partial charge in [0, 0.05) is 23.7 Å².